The molecule has 1 atom stereocenters. The first-order valence-electron chi connectivity index (χ1n) is 9.18. The van der Waals surface area contributed by atoms with Gasteiger partial charge < -0.3 is 15.3 Å². The fraction of sp³-hybridized carbons (Fsp3) is 0.474. The third-order valence-corrected chi connectivity index (χ3v) is 5.53. The number of aliphatic hydroxyl groups excluding tert-OH is 1. The second kappa shape index (κ2) is 9.49. The van der Waals surface area contributed by atoms with Crippen LogP contribution in [0.1, 0.15) is 22.8 Å². The summed E-state index contributed by atoms with van der Waals surface area (Å²) < 4.78 is 26.6. The monoisotopic (exact) mass is 409 g/mol. The van der Waals surface area contributed by atoms with Crippen molar-refractivity contribution in [1.29, 1.82) is 0 Å². The molecule has 2 aromatic rings. The van der Waals surface area contributed by atoms with Crippen molar-refractivity contribution in [3.8, 4) is 0 Å². The largest absolute Gasteiger partial charge is 0.387 e. The maximum atomic E-state index is 12.5. The lowest BCUT2D eigenvalue weighted by Gasteiger charge is -2.34. The van der Waals surface area contributed by atoms with Crippen LogP contribution in [0.2, 0.25) is 0 Å². The van der Waals surface area contributed by atoms with Crippen molar-refractivity contribution in [2.75, 3.05) is 42.9 Å². The van der Waals surface area contributed by atoms with Gasteiger partial charge in [0.2, 0.25) is 0 Å². The highest BCUT2D eigenvalue weighted by atomic mass is 32.2. The number of rotatable bonds is 7. The molecule has 2 N–H and O–H groups in total. The van der Waals surface area contributed by atoms with Crippen molar-refractivity contribution >= 4 is 23.6 Å². The maximum Gasteiger partial charge on any atom is 0.298 e. The van der Waals surface area contributed by atoms with E-state index in [9.17, 15) is 13.9 Å². The Morgan fingerprint density at radius 2 is 1.89 bits per heavy atom. The van der Waals surface area contributed by atoms with Crippen LogP contribution in [-0.2, 0) is 0 Å². The first-order chi connectivity index (χ1) is 13.4. The van der Waals surface area contributed by atoms with E-state index in [2.05, 4.69) is 20.2 Å². The number of piperazine rings is 1. The molecule has 1 aliphatic rings. The van der Waals surface area contributed by atoms with Crippen molar-refractivity contribution in [2.24, 2.45) is 0 Å². The smallest absolute Gasteiger partial charge is 0.298 e. The van der Waals surface area contributed by atoms with Gasteiger partial charge in [-0.25, -0.2) is 14.3 Å². The van der Waals surface area contributed by atoms with E-state index in [4.69, 9.17) is 0 Å². The molecule has 0 bridgehead atoms. The SMILES string of the molecule is Cc1ccc(C(O)CNc2cc(N3CCN(SC(F)F)CC3)ncn2)c(C)c1. The number of benzene rings is 1. The molecular formula is C19H25F2N5OS. The van der Waals surface area contributed by atoms with Gasteiger partial charge in [0.05, 0.1) is 6.10 Å². The van der Waals surface area contributed by atoms with Crippen LogP contribution in [0.3, 0.4) is 0 Å². The average Bonchev–Trinajstić information content (AvgIpc) is 2.66. The number of hydrogen-bond acceptors (Lipinski definition) is 7. The standard InChI is InChI=1S/C19H25F2N5OS/c1-13-3-4-15(14(2)9-13)16(27)11-22-17-10-18(24-12-23-17)25-5-7-26(8-6-25)28-19(20)21/h3-4,9-10,12,16,19,27H,5-8,11H2,1-2H3,(H,22,23,24). The summed E-state index contributed by atoms with van der Waals surface area (Å²) in [7, 11) is 0. The topological polar surface area (TPSA) is 64.5 Å². The summed E-state index contributed by atoms with van der Waals surface area (Å²) in [5.41, 5.74) is 3.10. The number of halogens is 2. The van der Waals surface area contributed by atoms with Crippen LogP contribution >= 0.6 is 11.9 Å². The Morgan fingerprint density at radius 1 is 1.14 bits per heavy atom. The number of aromatic nitrogens is 2. The van der Waals surface area contributed by atoms with Gasteiger partial charge >= 0.3 is 0 Å². The van der Waals surface area contributed by atoms with Crippen LogP contribution in [0.25, 0.3) is 0 Å². The number of nitrogens with one attached hydrogen (secondary N) is 1. The van der Waals surface area contributed by atoms with Crippen molar-refractivity contribution in [1.82, 2.24) is 14.3 Å². The summed E-state index contributed by atoms with van der Waals surface area (Å²) in [6.07, 6.45) is 0.829. The van der Waals surface area contributed by atoms with Crippen molar-refractivity contribution in [2.45, 2.75) is 25.7 Å². The molecule has 0 amide bonds. The lowest BCUT2D eigenvalue weighted by Crippen LogP contribution is -2.44. The minimum Gasteiger partial charge on any atom is -0.387 e. The highest BCUT2D eigenvalue weighted by Gasteiger charge is 2.21. The summed E-state index contributed by atoms with van der Waals surface area (Å²) >= 11 is 0.587. The summed E-state index contributed by atoms with van der Waals surface area (Å²) in [5, 5.41) is 13.6. The molecule has 1 aromatic heterocycles. The summed E-state index contributed by atoms with van der Waals surface area (Å²) in [6.45, 7) is 6.69. The van der Waals surface area contributed by atoms with Gasteiger partial charge in [0.15, 0.2) is 0 Å². The normalized spacial score (nSPS) is 16.4. The first kappa shape index (κ1) is 20.8. The van der Waals surface area contributed by atoms with E-state index in [0.29, 0.717) is 50.5 Å². The lowest BCUT2D eigenvalue weighted by atomic mass is 10.0. The highest BCUT2D eigenvalue weighted by Crippen LogP contribution is 2.24. The van der Waals surface area contributed by atoms with Gasteiger partial charge in [-0.1, -0.05) is 23.8 Å². The van der Waals surface area contributed by atoms with Crippen LogP contribution in [0.5, 0.6) is 0 Å². The molecule has 9 heteroatoms. The lowest BCUT2D eigenvalue weighted by molar-refractivity contribution is 0.191. The molecule has 28 heavy (non-hydrogen) atoms. The summed E-state index contributed by atoms with van der Waals surface area (Å²) in [5.74, 6) is -1.01. The van der Waals surface area contributed by atoms with Crippen LogP contribution in [0, 0.1) is 13.8 Å². The second-order valence-electron chi connectivity index (χ2n) is 6.80. The molecule has 1 unspecified atom stereocenters. The van der Waals surface area contributed by atoms with E-state index in [-0.39, 0.29) is 0 Å². The zero-order chi connectivity index (χ0) is 20.1. The van der Waals surface area contributed by atoms with Crippen molar-refractivity contribution in [3.63, 3.8) is 0 Å². The van der Waals surface area contributed by atoms with E-state index >= 15 is 0 Å². The molecule has 1 aromatic carbocycles. The molecular weight excluding hydrogens is 384 g/mol. The molecule has 0 spiro atoms. The number of aliphatic hydroxyl groups is 1. The van der Waals surface area contributed by atoms with Crippen LogP contribution in [-0.4, -0.2) is 57.9 Å². The van der Waals surface area contributed by atoms with E-state index in [1.807, 2.05) is 38.1 Å². The molecule has 3 rings (SSSR count). The van der Waals surface area contributed by atoms with E-state index in [1.54, 1.807) is 4.31 Å². The number of anilines is 2. The van der Waals surface area contributed by atoms with E-state index < -0.39 is 11.9 Å². The van der Waals surface area contributed by atoms with Gasteiger partial charge in [-0.2, -0.15) is 8.78 Å². The molecule has 1 fully saturated rings. The number of aryl methyl sites for hydroxylation is 2. The van der Waals surface area contributed by atoms with Gasteiger partial charge in [-0.15, -0.1) is 0 Å². The van der Waals surface area contributed by atoms with Gasteiger partial charge in [0.25, 0.3) is 5.76 Å². The Balaban J connectivity index is 1.56. The predicted molar refractivity (Wildman–Crippen MR) is 109 cm³/mol. The van der Waals surface area contributed by atoms with Crippen molar-refractivity contribution in [3.05, 3.63) is 47.3 Å². The quantitative estimate of drug-likeness (QED) is 0.681. The fourth-order valence-corrected chi connectivity index (χ4v) is 3.86. The Hall–Kier alpha value is -1.97. The fourth-order valence-electron chi connectivity index (χ4n) is 3.26. The molecule has 152 valence electrons. The number of hydrogen-bond donors (Lipinski definition) is 2. The summed E-state index contributed by atoms with van der Waals surface area (Å²) in [4.78, 5) is 10.6. The summed E-state index contributed by atoms with van der Waals surface area (Å²) in [6, 6.07) is 7.80. The molecule has 6 nitrogen and oxygen atoms in total. The van der Waals surface area contributed by atoms with Gasteiger partial charge in [-0.3, -0.25) is 0 Å². The molecule has 1 aliphatic heterocycles. The molecule has 0 saturated carbocycles. The van der Waals surface area contributed by atoms with E-state index in [1.165, 1.54) is 6.33 Å². The third-order valence-electron chi connectivity index (χ3n) is 4.70. The average molecular weight is 410 g/mol. The maximum absolute atomic E-state index is 12.5. The zero-order valence-corrected chi connectivity index (χ0v) is 16.8. The number of nitrogens with zero attached hydrogens (tertiary/aromatic N) is 4. The van der Waals surface area contributed by atoms with Gasteiger partial charge in [0, 0.05) is 38.8 Å². The van der Waals surface area contributed by atoms with E-state index in [0.717, 1.165) is 22.5 Å². The minimum atomic E-state index is -2.38. The van der Waals surface area contributed by atoms with Crippen LogP contribution < -0.4 is 10.2 Å². The molecule has 0 radical (unpaired) electrons. The zero-order valence-electron chi connectivity index (χ0n) is 16.0. The first-order valence-corrected chi connectivity index (χ1v) is 10.0. The van der Waals surface area contributed by atoms with Gasteiger partial charge in [-0.05, 0) is 36.9 Å². The van der Waals surface area contributed by atoms with Crippen molar-refractivity contribution < 1.29 is 13.9 Å². The third kappa shape index (κ3) is 5.52. The molecule has 1 saturated heterocycles. The van der Waals surface area contributed by atoms with Gasteiger partial charge in [0.1, 0.15) is 18.0 Å². The Labute approximate surface area is 168 Å². The number of alkyl halides is 2. The highest BCUT2D eigenvalue weighted by molar-refractivity contribution is 7.97. The molecule has 0 aliphatic carbocycles. The Morgan fingerprint density at radius 3 is 2.57 bits per heavy atom. The predicted octanol–water partition coefficient (Wildman–Crippen LogP) is 3.23. The molecule has 2 heterocycles. The Kier molecular flexibility index (Phi) is 7.03. The Bertz CT molecular complexity index is 787. The van der Waals surface area contributed by atoms with Crippen LogP contribution in [0.4, 0.5) is 20.4 Å². The van der Waals surface area contributed by atoms with Crippen LogP contribution in [0.15, 0.2) is 30.6 Å². The minimum absolute atomic E-state index is 0.333. The second-order valence-corrected chi connectivity index (χ2v) is 7.88.